The normalized spacial score (nSPS) is 12.1. The number of carbonyl (C=O) groups is 1. The van der Waals surface area contributed by atoms with Gasteiger partial charge < -0.3 is 15.4 Å². The van der Waals surface area contributed by atoms with Gasteiger partial charge in [-0.1, -0.05) is 23.4 Å². The lowest BCUT2D eigenvalue weighted by molar-refractivity contribution is 0.194. The molecule has 0 saturated heterocycles. The zero-order valence-electron chi connectivity index (χ0n) is 11.1. The third-order valence-electron chi connectivity index (χ3n) is 3.20. The van der Waals surface area contributed by atoms with Gasteiger partial charge in [-0.2, -0.15) is 0 Å². The number of rotatable bonds is 3. The van der Waals surface area contributed by atoms with Crippen LogP contribution in [0, 0.1) is 0 Å². The minimum atomic E-state index is -0.659. The van der Waals surface area contributed by atoms with Crippen LogP contribution >= 0.6 is 0 Å². The molecule has 18 heavy (non-hydrogen) atoms. The van der Waals surface area contributed by atoms with Gasteiger partial charge in [0.2, 0.25) is 0 Å². The number of amides is 2. The highest BCUT2D eigenvalue weighted by molar-refractivity contribution is 5.97. The topological polar surface area (TPSA) is 64.9 Å². The maximum atomic E-state index is 12.1. The van der Waals surface area contributed by atoms with E-state index in [0.29, 0.717) is 5.71 Å². The summed E-state index contributed by atoms with van der Waals surface area (Å²) in [5, 5.41) is 14.8. The molecule has 0 aliphatic heterocycles. The molecule has 0 saturated carbocycles. The lowest BCUT2D eigenvalue weighted by Crippen LogP contribution is -2.51. The van der Waals surface area contributed by atoms with Crippen molar-refractivity contribution in [2.75, 3.05) is 12.4 Å². The van der Waals surface area contributed by atoms with E-state index in [-0.39, 0.29) is 6.03 Å². The Morgan fingerprint density at radius 3 is 2.39 bits per heavy atom. The first-order valence-corrected chi connectivity index (χ1v) is 5.68. The molecule has 2 amide bonds. The number of benzene rings is 1. The third kappa shape index (κ3) is 3.00. The number of anilines is 1. The van der Waals surface area contributed by atoms with Crippen LogP contribution in [0.2, 0.25) is 0 Å². The molecule has 5 nitrogen and oxygen atoms in total. The Kier molecular flexibility index (Phi) is 4.31. The van der Waals surface area contributed by atoms with E-state index in [2.05, 4.69) is 10.5 Å². The van der Waals surface area contributed by atoms with E-state index >= 15 is 0 Å². The number of nitrogens with one attached hydrogen (secondary N) is 1. The lowest BCUT2D eigenvalue weighted by Gasteiger charge is -2.34. The number of nitrogens with zero attached hydrogens (tertiary/aromatic N) is 2. The first-order chi connectivity index (χ1) is 8.39. The van der Waals surface area contributed by atoms with Crippen molar-refractivity contribution in [1.29, 1.82) is 0 Å². The molecule has 0 aliphatic carbocycles. The van der Waals surface area contributed by atoms with E-state index in [1.54, 1.807) is 14.0 Å². The molecule has 5 heteroatoms. The van der Waals surface area contributed by atoms with Gasteiger partial charge in [-0.15, -0.1) is 0 Å². The SMILES string of the molecule is CC(=NO)C(C)(C)N(C)C(=O)Nc1ccccc1. The van der Waals surface area contributed by atoms with Crippen LogP contribution in [0.3, 0.4) is 0 Å². The van der Waals surface area contributed by atoms with E-state index < -0.39 is 5.54 Å². The van der Waals surface area contributed by atoms with Gasteiger partial charge in [0, 0.05) is 12.7 Å². The average Bonchev–Trinajstić information content (AvgIpc) is 2.37. The Hall–Kier alpha value is -2.04. The van der Waals surface area contributed by atoms with Gasteiger partial charge in [0.25, 0.3) is 0 Å². The molecule has 0 fully saturated rings. The zero-order chi connectivity index (χ0) is 13.8. The Labute approximate surface area is 107 Å². The molecule has 2 N–H and O–H groups in total. The second kappa shape index (κ2) is 5.53. The predicted molar refractivity (Wildman–Crippen MR) is 72.2 cm³/mol. The van der Waals surface area contributed by atoms with E-state index in [4.69, 9.17) is 5.21 Å². The standard InChI is InChI=1S/C13H19N3O2/c1-10(15-18)13(2,3)16(4)12(17)14-11-8-6-5-7-9-11/h5-9,18H,1-4H3,(H,14,17). The monoisotopic (exact) mass is 249 g/mol. The molecule has 0 spiro atoms. The van der Waals surface area contributed by atoms with Crippen molar-refractivity contribution in [3.8, 4) is 0 Å². The number of carbonyl (C=O) groups excluding carboxylic acids is 1. The van der Waals surface area contributed by atoms with Gasteiger partial charge in [0.1, 0.15) is 0 Å². The molecule has 0 aromatic heterocycles. The highest BCUT2D eigenvalue weighted by Gasteiger charge is 2.31. The summed E-state index contributed by atoms with van der Waals surface area (Å²) >= 11 is 0. The summed E-state index contributed by atoms with van der Waals surface area (Å²) in [7, 11) is 1.66. The minimum Gasteiger partial charge on any atom is -0.411 e. The molecule has 1 aromatic carbocycles. The van der Waals surface area contributed by atoms with E-state index in [1.807, 2.05) is 44.2 Å². The first kappa shape index (κ1) is 14.0. The van der Waals surface area contributed by atoms with Crippen molar-refractivity contribution in [2.24, 2.45) is 5.16 Å². The number of urea groups is 1. The smallest absolute Gasteiger partial charge is 0.322 e. The molecular weight excluding hydrogens is 230 g/mol. The van der Waals surface area contributed by atoms with Crippen LogP contribution in [-0.2, 0) is 0 Å². The minimum absolute atomic E-state index is 0.255. The fourth-order valence-electron chi connectivity index (χ4n) is 1.35. The summed E-state index contributed by atoms with van der Waals surface area (Å²) in [5.41, 5.74) is 0.533. The van der Waals surface area contributed by atoms with Gasteiger partial charge in [0.15, 0.2) is 0 Å². The Morgan fingerprint density at radius 2 is 1.89 bits per heavy atom. The molecule has 98 valence electrons. The lowest BCUT2D eigenvalue weighted by atomic mass is 9.98. The maximum absolute atomic E-state index is 12.1. The molecule has 1 aromatic rings. The first-order valence-electron chi connectivity index (χ1n) is 5.68. The molecule has 0 radical (unpaired) electrons. The summed E-state index contributed by atoms with van der Waals surface area (Å²) in [4.78, 5) is 13.6. The average molecular weight is 249 g/mol. The van der Waals surface area contributed by atoms with Crippen LogP contribution < -0.4 is 5.32 Å². The van der Waals surface area contributed by atoms with E-state index in [9.17, 15) is 4.79 Å². The molecule has 0 aliphatic rings. The van der Waals surface area contributed by atoms with Gasteiger partial charge in [-0.05, 0) is 32.9 Å². The van der Waals surface area contributed by atoms with Crippen molar-refractivity contribution in [3.05, 3.63) is 30.3 Å². The quantitative estimate of drug-likeness (QED) is 0.491. The van der Waals surface area contributed by atoms with E-state index in [0.717, 1.165) is 5.69 Å². The molecule has 1 rings (SSSR count). The van der Waals surface area contributed by atoms with Crippen LogP contribution in [0.5, 0.6) is 0 Å². The van der Waals surface area contributed by atoms with Crippen molar-refractivity contribution in [1.82, 2.24) is 4.90 Å². The van der Waals surface area contributed by atoms with Gasteiger partial charge in [-0.3, -0.25) is 0 Å². The second-order valence-electron chi connectivity index (χ2n) is 4.60. The largest absolute Gasteiger partial charge is 0.411 e. The van der Waals surface area contributed by atoms with Crippen molar-refractivity contribution in [3.63, 3.8) is 0 Å². The molecular formula is C13H19N3O2. The number of para-hydroxylation sites is 1. The highest BCUT2D eigenvalue weighted by atomic mass is 16.4. The van der Waals surface area contributed by atoms with Crippen LogP contribution in [0.15, 0.2) is 35.5 Å². The summed E-state index contributed by atoms with van der Waals surface area (Å²) in [6.07, 6.45) is 0. The van der Waals surface area contributed by atoms with Crippen molar-refractivity contribution >= 4 is 17.4 Å². The number of oxime groups is 1. The Morgan fingerprint density at radius 1 is 1.33 bits per heavy atom. The summed E-state index contributed by atoms with van der Waals surface area (Å²) < 4.78 is 0. The molecule has 0 bridgehead atoms. The highest BCUT2D eigenvalue weighted by Crippen LogP contribution is 2.16. The van der Waals surface area contributed by atoms with Crippen LogP contribution in [-0.4, -0.2) is 34.4 Å². The second-order valence-corrected chi connectivity index (χ2v) is 4.60. The summed E-state index contributed by atoms with van der Waals surface area (Å²) in [6.45, 7) is 5.30. The molecule has 0 heterocycles. The summed E-state index contributed by atoms with van der Waals surface area (Å²) in [6, 6.07) is 8.94. The van der Waals surface area contributed by atoms with Crippen LogP contribution in [0.25, 0.3) is 0 Å². The van der Waals surface area contributed by atoms with Crippen LogP contribution in [0.4, 0.5) is 10.5 Å². The van der Waals surface area contributed by atoms with Crippen molar-refractivity contribution in [2.45, 2.75) is 26.3 Å². The Balaban J connectivity index is 2.79. The maximum Gasteiger partial charge on any atom is 0.322 e. The Bertz CT molecular complexity index is 441. The number of hydrogen-bond acceptors (Lipinski definition) is 3. The molecule has 0 unspecified atom stereocenters. The predicted octanol–water partition coefficient (Wildman–Crippen LogP) is 2.78. The zero-order valence-corrected chi connectivity index (χ0v) is 11.1. The van der Waals surface area contributed by atoms with Gasteiger partial charge in [0.05, 0.1) is 11.3 Å². The van der Waals surface area contributed by atoms with E-state index in [1.165, 1.54) is 4.90 Å². The number of hydrogen-bond donors (Lipinski definition) is 2. The van der Waals surface area contributed by atoms with Gasteiger partial charge in [-0.25, -0.2) is 4.79 Å². The molecule has 0 atom stereocenters. The fraction of sp³-hybridized carbons (Fsp3) is 0.385. The third-order valence-corrected chi connectivity index (χ3v) is 3.20. The van der Waals surface area contributed by atoms with Crippen LogP contribution in [0.1, 0.15) is 20.8 Å². The fourth-order valence-corrected chi connectivity index (χ4v) is 1.35. The van der Waals surface area contributed by atoms with Gasteiger partial charge >= 0.3 is 6.03 Å². The summed E-state index contributed by atoms with van der Waals surface area (Å²) in [5.74, 6) is 0. The van der Waals surface area contributed by atoms with Crippen molar-refractivity contribution < 1.29 is 10.0 Å².